The standard InChI is InChI=1S/C19H15F3N4O2/c20-19(21,22)13-2-4-14(5-3-13)26-18-8-17(24-10-25-18)23-9-12-1-6-15-16(7-12)28-11-27-15/h1-8,10H,9,11H2,(H2,23,24,25,26). The second-order valence-electron chi connectivity index (χ2n) is 6.03. The molecule has 0 radical (unpaired) electrons. The number of benzene rings is 2. The molecule has 4 rings (SSSR count). The van der Waals surface area contributed by atoms with Crippen LogP contribution in [0.1, 0.15) is 11.1 Å². The third-order valence-electron chi connectivity index (χ3n) is 4.06. The number of ether oxygens (including phenoxy) is 2. The third-order valence-corrected chi connectivity index (χ3v) is 4.06. The van der Waals surface area contributed by atoms with Crippen molar-refractivity contribution in [3.8, 4) is 11.5 Å². The fourth-order valence-electron chi connectivity index (χ4n) is 2.66. The zero-order valence-corrected chi connectivity index (χ0v) is 14.5. The Balaban J connectivity index is 1.40. The molecule has 3 aromatic rings. The van der Waals surface area contributed by atoms with Crippen molar-refractivity contribution in [1.29, 1.82) is 0 Å². The molecule has 0 spiro atoms. The number of nitrogens with one attached hydrogen (secondary N) is 2. The summed E-state index contributed by atoms with van der Waals surface area (Å²) in [6.45, 7) is 0.727. The Labute approximate surface area is 158 Å². The smallest absolute Gasteiger partial charge is 0.416 e. The first-order valence-corrected chi connectivity index (χ1v) is 8.36. The van der Waals surface area contributed by atoms with E-state index in [1.807, 2.05) is 18.2 Å². The lowest BCUT2D eigenvalue weighted by Crippen LogP contribution is -2.05. The molecule has 2 heterocycles. The van der Waals surface area contributed by atoms with Gasteiger partial charge in [0.15, 0.2) is 11.5 Å². The summed E-state index contributed by atoms with van der Waals surface area (Å²) in [5, 5.41) is 6.13. The first-order chi connectivity index (χ1) is 13.5. The van der Waals surface area contributed by atoms with E-state index in [-0.39, 0.29) is 6.79 Å². The number of anilines is 3. The second-order valence-corrected chi connectivity index (χ2v) is 6.03. The monoisotopic (exact) mass is 388 g/mol. The van der Waals surface area contributed by atoms with E-state index < -0.39 is 11.7 Å². The SMILES string of the molecule is FC(F)(F)c1ccc(Nc2cc(NCc3ccc4c(c3)OCO4)ncn2)cc1. The van der Waals surface area contributed by atoms with E-state index in [2.05, 4.69) is 20.6 Å². The molecule has 1 aliphatic rings. The average molecular weight is 388 g/mol. The van der Waals surface area contributed by atoms with Gasteiger partial charge in [-0.3, -0.25) is 0 Å². The number of fused-ring (bicyclic) bond motifs is 1. The minimum Gasteiger partial charge on any atom is -0.454 e. The van der Waals surface area contributed by atoms with E-state index in [4.69, 9.17) is 9.47 Å². The molecule has 2 N–H and O–H groups in total. The van der Waals surface area contributed by atoms with Crippen LogP contribution in [-0.2, 0) is 12.7 Å². The van der Waals surface area contributed by atoms with Crippen molar-refractivity contribution in [2.24, 2.45) is 0 Å². The molecule has 0 atom stereocenters. The summed E-state index contributed by atoms with van der Waals surface area (Å²) in [7, 11) is 0. The Bertz CT molecular complexity index is 978. The molecule has 28 heavy (non-hydrogen) atoms. The summed E-state index contributed by atoms with van der Waals surface area (Å²) in [6.07, 6.45) is -2.99. The van der Waals surface area contributed by atoms with Crippen molar-refractivity contribution in [1.82, 2.24) is 9.97 Å². The van der Waals surface area contributed by atoms with E-state index in [1.165, 1.54) is 18.5 Å². The normalized spacial score (nSPS) is 12.7. The predicted molar refractivity (Wildman–Crippen MR) is 96.7 cm³/mol. The Morgan fingerprint density at radius 1 is 0.893 bits per heavy atom. The van der Waals surface area contributed by atoms with Gasteiger partial charge in [0.05, 0.1) is 5.56 Å². The molecule has 0 amide bonds. The molecule has 1 aliphatic heterocycles. The number of nitrogens with zero attached hydrogens (tertiary/aromatic N) is 2. The van der Waals surface area contributed by atoms with Crippen molar-refractivity contribution >= 4 is 17.3 Å². The highest BCUT2D eigenvalue weighted by molar-refractivity contribution is 5.59. The van der Waals surface area contributed by atoms with Crippen LogP contribution in [0.25, 0.3) is 0 Å². The zero-order valence-electron chi connectivity index (χ0n) is 14.5. The molecule has 0 aliphatic carbocycles. The Kier molecular flexibility index (Phi) is 4.64. The van der Waals surface area contributed by atoms with Crippen LogP contribution in [0.3, 0.4) is 0 Å². The highest BCUT2D eigenvalue weighted by Crippen LogP contribution is 2.33. The Hall–Kier alpha value is -3.49. The zero-order chi connectivity index (χ0) is 19.6. The van der Waals surface area contributed by atoms with E-state index >= 15 is 0 Å². The van der Waals surface area contributed by atoms with E-state index in [0.717, 1.165) is 17.7 Å². The molecule has 0 unspecified atom stereocenters. The Morgan fingerprint density at radius 2 is 1.64 bits per heavy atom. The quantitative estimate of drug-likeness (QED) is 0.667. The minimum absolute atomic E-state index is 0.219. The summed E-state index contributed by atoms with van der Waals surface area (Å²) < 4.78 is 48.5. The van der Waals surface area contributed by atoms with Gasteiger partial charge in [-0.05, 0) is 42.0 Å². The summed E-state index contributed by atoms with van der Waals surface area (Å²) in [5.41, 5.74) is 0.778. The molecule has 2 aromatic carbocycles. The number of halogens is 3. The Morgan fingerprint density at radius 3 is 2.43 bits per heavy atom. The van der Waals surface area contributed by atoms with E-state index in [9.17, 15) is 13.2 Å². The van der Waals surface area contributed by atoms with Gasteiger partial charge in [-0.15, -0.1) is 0 Å². The number of alkyl halides is 3. The van der Waals surface area contributed by atoms with Gasteiger partial charge in [0.1, 0.15) is 18.0 Å². The van der Waals surface area contributed by atoms with Gasteiger partial charge in [-0.25, -0.2) is 9.97 Å². The van der Waals surface area contributed by atoms with Crippen LogP contribution in [0, 0.1) is 0 Å². The van der Waals surface area contributed by atoms with Crippen molar-refractivity contribution in [2.75, 3.05) is 17.4 Å². The lowest BCUT2D eigenvalue weighted by molar-refractivity contribution is -0.137. The van der Waals surface area contributed by atoms with Gasteiger partial charge in [-0.1, -0.05) is 6.07 Å². The van der Waals surface area contributed by atoms with Crippen LogP contribution in [0.4, 0.5) is 30.5 Å². The number of hydrogen-bond acceptors (Lipinski definition) is 6. The molecule has 6 nitrogen and oxygen atoms in total. The lowest BCUT2D eigenvalue weighted by Gasteiger charge is -2.10. The highest BCUT2D eigenvalue weighted by Gasteiger charge is 2.29. The lowest BCUT2D eigenvalue weighted by atomic mass is 10.2. The predicted octanol–water partition coefficient (Wildman–Crippen LogP) is 4.58. The number of hydrogen-bond donors (Lipinski definition) is 2. The van der Waals surface area contributed by atoms with Crippen molar-refractivity contribution < 1.29 is 22.6 Å². The number of aromatic nitrogens is 2. The van der Waals surface area contributed by atoms with E-state index in [0.29, 0.717) is 35.4 Å². The highest BCUT2D eigenvalue weighted by atomic mass is 19.4. The van der Waals surface area contributed by atoms with Crippen molar-refractivity contribution in [2.45, 2.75) is 12.7 Å². The molecule has 144 valence electrons. The molecule has 1 aromatic heterocycles. The van der Waals surface area contributed by atoms with Crippen molar-refractivity contribution in [3.63, 3.8) is 0 Å². The van der Waals surface area contributed by atoms with Gasteiger partial charge >= 0.3 is 6.18 Å². The summed E-state index contributed by atoms with van der Waals surface area (Å²) in [4.78, 5) is 8.24. The maximum absolute atomic E-state index is 12.6. The van der Waals surface area contributed by atoms with Gasteiger partial charge in [0, 0.05) is 18.3 Å². The third kappa shape index (κ3) is 4.08. The van der Waals surface area contributed by atoms with Gasteiger partial charge in [-0.2, -0.15) is 13.2 Å². The van der Waals surface area contributed by atoms with Gasteiger partial charge in [0.2, 0.25) is 6.79 Å². The van der Waals surface area contributed by atoms with Crippen LogP contribution in [0.15, 0.2) is 54.9 Å². The molecule has 9 heteroatoms. The topological polar surface area (TPSA) is 68.3 Å². The van der Waals surface area contributed by atoms with Crippen molar-refractivity contribution in [3.05, 3.63) is 66.0 Å². The summed E-state index contributed by atoms with van der Waals surface area (Å²) >= 11 is 0. The van der Waals surface area contributed by atoms with Gasteiger partial charge < -0.3 is 20.1 Å². The largest absolute Gasteiger partial charge is 0.454 e. The molecular formula is C19H15F3N4O2. The van der Waals surface area contributed by atoms with Crippen LogP contribution >= 0.6 is 0 Å². The average Bonchev–Trinajstić information content (AvgIpc) is 3.14. The first kappa shape index (κ1) is 17.9. The summed E-state index contributed by atoms with van der Waals surface area (Å²) in [5.74, 6) is 2.45. The maximum atomic E-state index is 12.6. The van der Waals surface area contributed by atoms with Crippen LogP contribution in [-0.4, -0.2) is 16.8 Å². The van der Waals surface area contributed by atoms with Crippen LogP contribution < -0.4 is 20.1 Å². The molecule has 0 fully saturated rings. The summed E-state index contributed by atoms with van der Waals surface area (Å²) in [6, 6.07) is 12.1. The van der Waals surface area contributed by atoms with Crippen LogP contribution in [0.2, 0.25) is 0 Å². The molecular weight excluding hydrogens is 373 g/mol. The number of rotatable bonds is 5. The second kappa shape index (κ2) is 7.26. The van der Waals surface area contributed by atoms with Crippen LogP contribution in [0.5, 0.6) is 11.5 Å². The first-order valence-electron chi connectivity index (χ1n) is 8.36. The van der Waals surface area contributed by atoms with Gasteiger partial charge in [0.25, 0.3) is 0 Å². The maximum Gasteiger partial charge on any atom is 0.416 e. The fourth-order valence-corrected chi connectivity index (χ4v) is 2.66. The fraction of sp³-hybridized carbons (Fsp3) is 0.158. The van der Waals surface area contributed by atoms with E-state index in [1.54, 1.807) is 6.07 Å². The minimum atomic E-state index is -4.36. The molecule has 0 saturated heterocycles. The molecule has 0 saturated carbocycles. The molecule has 0 bridgehead atoms.